The molecule has 0 saturated carbocycles. The fraction of sp³-hybridized carbons (Fsp3) is 0.462. The molecule has 4 nitrogen and oxygen atoms in total. The summed E-state index contributed by atoms with van der Waals surface area (Å²) in [5, 5.41) is 2.88. The Bertz CT molecular complexity index is 458. The highest BCUT2D eigenvalue weighted by Gasteiger charge is 2.31. The molecule has 0 radical (unpaired) electrons. The van der Waals surface area contributed by atoms with Gasteiger partial charge < -0.3 is 14.8 Å². The minimum absolute atomic E-state index is 0.0790. The summed E-state index contributed by atoms with van der Waals surface area (Å²) in [6.45, 7) is 3.17. The summed E-state index contributed by atoms with van der Waals surface area (Å²) in [4.78, 5) is 11.7. The molecule has 0 spiro atoms. The maximum Gasteiger partial charge on any atom is 0.231 e. The predicted molar refractivity (Wildman–Crippen MR) is 62.1 cm³/mol. The summed E-state index contributed by atoms with van der Waals surface area (Å²) in [5.74, 6) is 2.03. The van der Waals surface area contributed by atoms with Crippen molar-refractivity contribution < 1.29 is 14.3 Å². The molecule has 0 bridgehead atoms. The van der Waals surface area contributed by atoms with Crippen molar-refractivity contribution in [3.8, 4) is 11.5 Å². The summed E-state index contributed by atoms with van der Waals surface area (Å²) in [5.41, 5.74) is 1.14. The van der Waals surface area contributed by atoms with Crippen LogP contribution in [-0.4, -0.2) is 19.2 Å². The van der Waals surface area contributed by atoms with Crippen LogP contribution in [0.5, 0.6) is 11.5 Å². The third-order valence-electron chi connectivity index (χ3n) is 3.62. The molecule has 1 N–H and O–H groups in total. The van der Waals surface area contributed by atoms with Gasteiger partial charge in [-0.15, -0.1) is 0 Å². The van der Waals surface area contributed by atoms with Crippen LogP contribution >= 0.6 is 0 Å². The Morgan fingerprint density at radius 1 is 1.35 bits per heavy atom. The summed E-state index contributed by atoms with van der Waals surface area (Å²) >= 11 is 0. The van der Waals surface area contributed by atoms with E-state index in [-0.39, 0.29) is 24.5 Å². The zero-order valence-electron chi connectivity index (χ0n) is 9.73. The van der Waals surface area contributed by atoms with E-state index in [0.29, 0.717) is 0 Å². The van der Waals surface area contributed by atoms with Gasteiger partial charge in [-0.2, -0.15) is 0 Å². The van der Waals surface area contributed by atoms with Crippen LogP contribution in [0.4, 0.5) is 0 Å². The number of hydrogen-bond acceptors (Lipinski definition) is 3. The van der Waals surface area contributed by atoms with Gasteiger partial charge in [-0.05, 0) is 30.0 Å². The second-order valence-electron chi connectivity index (χ2n) is 4.59. The molecule has 2 unspecified atom stereocenters. The number of nitrogens with one attached hydrogen (secondary N) is 1. The first kappa shape index (κ1) is 10.4. The van der Waals surface area contributed by atoms with Gasteiger partial charge in [0.1, 0.15) is 0 Å². The number of benzene rings is 1. The van der Waals surface area contributed by atoms with Crippen LogP contribution < -0.4 is 14.8 Å². The smallest absolute Gasteiger partial charge is 0.231 e. The standard InChI is InChI=1S/C13H15NO3/c1-8(10-4-5-14-13(10)15)9-2-3-11-12(6-9)17-7-16-11/h2-3,6,8,10H,4-5,7H2,1H3,(H,14,15). The lowest BCUT2D eigenvalue weighted by atomic mass is 9.86. The molecule has 1 aromatic rings. The Labute approximate surface area is 99.9 Å². The van der Waals surface area contributed by atoms with Crippen molar-refractivity contribution in [1.82, 2.24) is 5.32 Å². The van der Waals surface area contributed by atoms with Gasteiger partial charge in [0.25, 0.3) is 0 Å². The molecule has 2 aliphatic heterocycles. The number of carbonyl (C=O) groups is 1. The Morgan fingerprint density at radius 2 is 2.18 bits per heavy atom. The molecular weight excluding hydrogens is 218 g/mol. The number of amides is 1. The largest absolute Gasteiger partial charge is 0.454 e. The molecule has 2 atom stereocenters. The number of ether oxygens (including phenoxy) is 2. The topological polar surface area (TPSA) is 47.6 Å². The summed E-state index contributed by atoms with van der Waals surface area (Å²) in [6, 6.07) is 5.92. The van der Waals surface area contributed by atoms with Crippen molar-refractivity contribution in [1.29, 1.82) is 0 Å². The second-order valence-corrected chi connectivity index (χ2v) is 4.59. The van der Waals surface area contributed by atoms with Crippen molar-refractivity contribution in [2.45, 2.75) is 19.3 Å². The monoisotopic (exact) mass is 233 g/mol. The van der Waals surface area contributed by atoms with Gasteiger partial charge >= 0.3 is 0 Å². The van der Waals surface area contributed by atoms with Crippen molar-refractivity contribution in [3.63, 3.8) is 0 Å². The molecule has 2 aliphatic rings. The van der Waals surface area contributed by atoms with Crippen LogP contribution in [0, 0.1) is 5.92 Å². The molecule has 1 fully saturated rings. The quantitative estimate of drug-likeness (QED) is 0.845. The molecule has 1 amide bonds. The summed E-state index contributed by atoms with van der Waals surface area (Å²) in [6.07, 6.45) is 0.911. The van der Waals surface area contributed by atoms with Crippen LogP contribution in [0.3, 0.4) is 0 Å². The molecule has 1 aromatic carbocycles. The minimum Gasteiger partial charge on any atom is -0.454 e. The van der Waals surface area contributed by atoms with Gasteiger partial charge in [0.2, 0.25) is 12.7 Å². The van der Waals surface area contributed by atoms with Gasteiger partial charge in [-0.1, -0.05) is 13.0 Å². The molecule has 3 rings (SSSR count). The number of carbonyl (C=O) groups excluding carboxylic acids is 1. The van der Waals surface area contributed by atoms with Gasteiger partial charge in [0.15, 0.2) is 11.5 Å². The summed E-state index contributed by atoms with van der Waals surface area (Å²) in [7, 11) is 0. The van der Waals surface area contributed by atoms with Gasteiger partial charge in [-0.3, -0.25) is 4.79 Å². The lowest BCUT2D eigenvalue weighted by molar-refractivity contribution is -0.122. The number of fused-ring (bicyclic) bond motifs is 1. The zero-order chi connectivity index (χ0) is 11.8. The predicted octanol–water partition coefficient (Wildman–Crippen LogP) is 1.65. The molecule has 90 valence electrons. The Kier molecular flexibility index (Phi) is 2.42. The Balaban J connectivity index is 1.86. The van der Waals surface area contributed by atoms with Crippen molar-refractivity contribution in [3.05, 3.63) is 23.8 Å². The highest BCUT2D eigenvalue weighted by atomic mass is 16.7. The fourth-order valence-electron chi connectivity index (χ4n) is 2.52. The normalized spacial score (nSPS) is 23.6. The van der Waals surface area contributed by atoms with E-state index >= 15 is 0 Å². The molecule has 2 heterocycles. The molecular formula is C13H15NO3. The fourth-order valence-corrected chi connectivity index (χ4v) is 2.52. The first-order chi connectivity index (χ1) is 8.25. The maximum atomic E-state index is 11.7. The van der Waals surface area contributed by atoms with Crippen LogP contribution in [0.15, 0.2) is 18.2 Å². The highest BCUT2D eigenvalue weighted by molar-refractivity contribution is 5.81. The third kappa shape index (κ3) is 1.73. The summed E-state index contributed by atoms with van der Waals surface area (Å²) < 4.78 is 10.6. The van der Waals surface area contributed by atoms with Crippen LogP contribution in [-0.2, 0) is 4.79 Å². The van der Waals surface area contributed by atoms with E-state index in [1.54, 1.807) is 0 Å². The van der Waals surface area contributed by atoms with Gasteiger partial charge in [0, 0.05) is 12.5 Å². The van der Waals surface area contributed by atoms with Gasteiger partial charge in [0.05, 0.1) is 0 Å². The van der Waals surface area contributed by atoms with E-state index < -0.39 is 0 Å². The van der Waals surface area contributed by atoms with E-state index in [9.17, 15) is 4.79 Å². The van der Waals surface area contributed by atoms with Crippen molar-refractivity contribution in [2.24, 2.45) is 5.92 Å². The van der Waals surface area contributed by atoms with Crippen molar-refractivity contribution in [2.75, 3.05) is 13.3 Å². The first-order valence-corrected chi connectivity index (χ1v) is 5.93. The second kappa shape index (κ2) is 3.95. The maximum absolute atomic E-state index is 11.7. The number of hydrogen-bond donors (Lipinski definition) is 1. The average Bonchev–Trinajstić information content (AvgIpc) is 2.95. The van der Waals surface area contributed by atoms with Crippen LogP contribution in [0.25, 0.3) is 0 Å². The first-order valence-electron chi connectivity index (χ1n) is 5.93. The minimum atomic E-state index is 0.0790. The molecule has 0 aliphatic carbocycles. The molecule has 1 saturated heterocycles. The lowest BCUT2D eigenvalue weighted by Gasteiger charge is -2.17. The van der Waals surface area contributed by atoms with Crippen molar-refractivity contribution >= 4 is 5.91 Å². The van der Waals surface area contributed by atoms with E-state index in [1.165, 1.54) is 0 Å². The zero-order valence-corrected chi connectivity index (χ0v) is 9.73. The SMILES string of the molecule is CC(c1ccc2c(c1)OCO2)C1CCNC1=O. The van der Waals surface area contributed by atoms with E-state index in [0.717, 1.165) is 30.0 Å². The molecule has 17 heavy (non-hydrogen) atoms. The van der Waals surface area contributed by atoms with E-state index in [1.807, 2.05) is 18.2 Å². The van der Waals surface area contributed by atoms with Crippen LogP contribution in [0.1, 0.15) is 24.8 Å². The Hall–Kier alpha value is -1.71. The van der Waals surface area contributed by atoms with E-state index in [4.69, 9.17) is 9.47 Å². The third-order valence-corrected chi connectivity index (χ3v) is 3.62. The average molecular weight is 233 g/mol. The Morgan fingerprint density at radius 3 is 2.94 bits per heavy atom. The van der Waals surface area contributed by atoms with Crippen LogP contribution in [0.2, 0.25) is 0 Å². The highest BCUT2D eigenvalue weighted by Crippen LogP contribution is 2.37. The van der Waals surface area contributed by atoms with E-state index in [2.05, 4.69) is 12.2 Å². The van der Waals surface area contributed by atoms with Gasteiger partial charge in [-0.25, -0.2) is 0 Å². The molecule has 0 aromatic heterocycles. The molecule has 4 heteroatoms. The number of rotatable bonds is 2. The lowest BCUT2D eigenvalue weighted by Crippen LogP contribution is -2.22.